The van der Waals surface area contributed by atoms with Crippen molar-refractivity contribution in [3.8, 4) is 17.1 Å². The third-order valence-corrected chi connectivity index (χ3v) is 3.90. The highest BCUT2D eigenvalue weighted by atomic mass is 16.3. The zero-order valence-corrected chi connectivity index (χ0v) is 11.5. The van der Waals surface area contributed by atoms with Gasteiger partial charge >= 0.3 is 0 Å². The predicted molar refractivity (Wildman–Crippen MR) is 77.5 cm³/mol. The summed E-state index contributed by atoms with van der Waals surface area (Å²) in [6, 6.07) is 7.35. The second-order valence-electron chi connectivity index (χ2n) is 5.27. The van der Waals surface area contributed by atoms with Gasteiger partial charge in [0.25, 0.3) is 0 Å². The Hall–Kier alpha value is -2.08. The van der Waals surface area contributed by atoms with Gasteiger partial charge in [0, 0.05) is 24.2 Å². The number of hydrogen-bond donors (Lipinski definition) is 3. The highest BCUT2D eigenvalue weighted by molar-refractivity contribution is 5.58. The molecular weight excluding hydrogens is 254 g/mol. The van der Waals surface area contributed by atoms with Gasteiger partial charge in [-0.1, -0.05) is 12.1 Å². The molecule has 6 heteroatoms. The van der Waals surface area contributed by atoms with E-state index in [1.54, 1.807) is 18.2 Å². The third kappa shape index (κ3) is 2.34. The van der Waals surface area contributed by atoms with Crippen molar-refractivity contribution in [1.29, 1.82) is 0 Å². The van der Waals surface area contributed by atoms with E-state index >= 15 is 0 Å². The van der Waals surface area contributed by atoms with Gasteiger partial charge in [-0.05, 0) is 31.9 Å². The Morgan fingerprint density at radius 3 is 3.10 bits per heavy atom. The minimum absolute atomic E-state index is 0.159. The zero-order valence-electron chi connectivity index (χ0n) is 11.5. The van der Waals surface area contributed by atoms with Gasteiger partial charge in [0.05, 0.1) is 0 Å². The second kappa shape index (κ2) is 5.13. The molecule has 1 fully saturated rings. The highest BCUT2D eigenvalue weighted by Crippen LogP contribution is 2.24. The Kier molecular flexibility index (Phi) is 3.31. The van der Waals surface area contributed by atoms with Crippen LogP contribution in [0.5, 0.6) is 5.75 Å². The Morgan fingerprint density at radius 1 is 1.45 bits per heavy atom. The summed E-state index contributed by atoms with van der Waals surface area (Å²) in [7, 11) is 0. The fourth-order valence-corrected chi connectivity index (χ4v) is 2.62. The van der Waals surface area contributed by atoms with E-state index in [1.807, 2.05) is 6.07 Å². The first-order valence-electron chi connectivity index (χ1n) is 6.89. The lowest BCUT2D eigenvalue weighted by Crippen LogP contribution is -2.50. The summed E-state index contributed by atoms with van der Waals surface area (Å²) in [4.78, 5) is 6.66. The standard InChI is InChI=1S/C14H19N5O/c1-9-12(15)6-3-7-19(9)14-16-13(17-18-14)10-4-2-5-11(20)8-10/h2,4-5,8-9,12,20H,3,6-7,15H2,1H3,(H,16,17,18). The van der Waals surface area contributed by atoms with Crippen molar-refractivity contribution in [1.82, 2.24) is 15.2 Å². The molecule has 0 radical (unpaired) electrons. The third-order valence-electron chi connectivity index (χ3n) is 3.90. The first-order valence-corrected chi connectivity index (χ1v) is 6.89. The fraction of sp³-hybridized carbons (Fsp3) is 0.429. The molecule has 2 atom stereocenters. The Bertz CT molecular complexity index is 597. The Morgan fingerprint density at radius 2 is 2.30 bits per heavy atom. The number of H-pyrrole nitrogens is 1. The molecule has 0 aliphatic carbocycles. The summed E-state index contributed by atoms with van der Waals surface area (Å²) in [5, 5.41) is 16.7. The quantitative estimate of drug-likeness (QED) is 0.771. The number of nitrogens with zero attached hydrogens (tertiary/aromatic N) is 3. The van der Waals surface area contributed by atoms with E-state index in [1.165, 1.54) is 0 Å². The molecule has 2 aromatic rings. The maximum Gasteiger partial charge on any atom is 0.245 e. The fourth-order valence-electron chi connectivity index (χ4n) is 2.62. The second-order valence-corrected chi connectivity index (χ2v) is 5.27. The molecule has 1 aliphatic rings. The van der Waals surface area contributed by atoms with E-state index in [2.05, 4.69) is 27.0 Å². The number of hydrogen-bond acceptors (Lipinski definition) is 5. The summed E-state index contributed by atoms with van der Waals surface area (Å²) >= 11 is 0. The predicted octanol–water partition coefficient (Wildman–Crippen LogP) is 1.49. The van der Waals surface area contributed by atoms with Gasteiger partial charge < -0.3 is 15.7 Å². The van der Waals surface area contributed by atoms with Gasteiger partial charge in [-0.25, -0.2) is 0 Å². The van der Waals surface area contributed by atoms with Gasteiger partial charge in [0.1, 0.15) is 5.75 Å². The summed E-state index contributed by atoms with van der Waals surface area (Å²) in [5.41, 5.74) is 6.92. The number of aromatic hydroxyl groups is 1. The Balaban J connectivity index is 1.86. The lowest BCUT2D eigenvalue weighted by molar-refractivity contribution is 0.416. The molecule has 0 saturated carbocycles. The normalized spacial score (nSPS) is 23.0. The van der Waals surface area contributed by atoms with Crippen LogP contribution >= 0.6 is 0 Å². The van der Waals surface area contributed by atoms with E-state index in [-0.39, 0.29) is 17.8 Å². The van der Waals surface area contributed by atoms with Crippen molar-refractivity contribution in [2.24, 2.45) is 5.73 Å². The van der Waals surface area contributed by atoms with Crippen LogP contribution in [-0.2, 0) is 0 Å². The summed E-state index contributed by atoms with van der Waals surface area (Å²) in [6.07, 6.45) is 2.10. The van der Waals surface area contributed by atoms with Crippen molar-refractivity contribution >= 4 is 5.95 Å². The molecule has 2 heterocycles. The molecule has 6 nitrogen and oxygen atoms in total. The Labute approximate surface area is 117 Å². The SMILES string of the molecule is CC1C(N)CCCN1c1n[nH]c(-c2cccc(O)c2)n1. The van der Waals surface area contributed by atoms with E-state index in [0.717, 1.165) is 24.9 Å². The maximum atomic E-state index is 9.52. The van der Waals surface area contributed by atoms with Gasteiger partial charge in [-0.2, -0.15) is 4.98 Å². The highest BCUT2D eigenvalue weighted by Gasteiger charge is 2.27. The number of anilines is 1. The minimum Gasteiger partial charge on any atom is -0.508 e. The molecular formula is C14H19N5O. The first-order chi connectivity index (χ1) is 9.65. The lowest BCUT2D eigenvalue weighted by atomic mass is 9.99. The van der Waals surface area contributed by atoms with Crippen molar-refractivity contribution < 1.29 is 5.11 Å². The summed E-state index contributed by atoms with van der Waals surface area (Å²) < 4.78 is 0. The summed E-state index contributed by atoms with van der Waals surface area (Å²) in [6.45, 7) is 3.03. The molecule has 20 heavy (non-hydrogen) atoms. The van der Waals surface area contributed by atoms with Crippen molar-refractivity contribution in [2.75, 3.05) is 11.4 Å². The molecule has 1 aliphatic heterocycles. The molecule has 4 N–H and O–H groups in total. The number of aromatic nitrogens is 3. The van der Waals surface area contributed by atoms with Crippen LogP contribution in [0.4, 0.5) is 5.95 Å². The molecule has 0 bridgehead atoms. The monoisotopic (exact) mass is 273 g/mol. The molecule has 1 aromatic heterocycles. The van der Waals surface area contributed by atoms with Gasteiger partial charge in [0.15, 0.2) is 5.82 Å². The topological polar surface area (TPSA) is 91.1 Å². The van der Waals surface area contributed by atoms with Crippen LogP contribution < -0.4 is 10.6 Å². The lowest BCUT2D eigenvalue weighted by Gasteiger charge is -2.36. The van der Waals surface area contributed by atoms with Crippen molar-refractivity contribution in [3.63, 3.8) is 0 Å². The number of aromatic amines is 1. The largest absolute Gasteiger partial charge is 0.508 e. The van der Waals surface area contributed by atoms with Crippen LogP contribution in [0.1, 0.15) is 19.8 Å². The van der Waals surface area contributed by atoms with Crippen LogP contribution in [0.3, 0.4) is 0 Å². The molecule has 3 rings (SSSR count). The number of nitrogens with one attached hydrogen (secondary N) is 1. The number of rotatable bonds is 2. The molecule has 2 unspecified atom stereocenters. The van der Waals surface area contributed by atoms with Crippen LogP contribution in [0.2, 0.25) is 0 Å². The molecule has 1 aromatic carbocycles. The molecule has 0 spiro atoms. The maximum absolute atomic E-state index is 9.52. The van der Waals surface area contributed by atoms with E-state index < -0.39 is 0 Å². The molecule has 0 amide bonds. The van der Waals surface area contributed by atoms with Crippen LogP contribution in [0.15, 0.2) is 24.3 Å². The van der Waals surface area contributed by atoms with Crippen LogP contribution in [-0.4, -0.2) is 38.9 Å². The number of piperidine rings is 1. The number of nitrogens with two attached hydrogens (primary N) is 1. The van der Waals surface area contributed by atoms with Crippen LogP contribution in [0, 0.1) is 0 Å². The molecule has 1 saturated heterocycles. The van der Waals surface area contributed by atoms with E-state index in [9.17, 15) is 5.11 Å². The average molecular weight is 273 g/mol. The zero-order chi connectivity index (χ0) is 14.1. The van der Waals surface area contributed by atoms with E-state index in [4.69, 9.17) is 5.73 Å². The number of phenols is 1. The van der Waals surface area contributed by atoms with Crippen LogP contribution in [0.25, 0.3) is 11.4 Å². The summed E-state index contributed by atoms with van der Waals surface area (Å²) in [5.74, 6) is 1.54. The average Bonchev–Trinajstić information content (AvgIpc) is 2.91. The number of phenolic OH excluding ortho intramolecular Hbond substituents is 1. The smallest absolute Gasteiger partial charge is 0.245 e. The van der Waals surface area contributed by atoms with E-state index in [0.29, 0.717) is 11.8 Å². The minimum atomic E-state index is 0.159. The first kappa shape index (κ1) is 12.9. The van der Waals surface area contributed by atoms with Gasteiger partial charge in [-0.3, -0.25) is 5.10 Å². The van der Waals surface area contributed by atoms with Crippen molar-refractivity contribution in [2.45, 2.75) is 31.8 Å². The van der Waals surface area contributed by atoms with Crippen molar-refractivity contribution in [3.05, 3.63) is 24.3 Å². The molecule has 106 valence electrons. The van der Waals surface area contributed by atoms with Gasteiger partial charge in [-0.15, -0.1) is 5.10 Å². The number of benzene rings is 1. The van der Waals surface area contributed by atoms with Gasteiger partial charge in [0.2, 0.25) is 5.95 Å².